The molecule has 0 spiro atoms. The standard InChI is InChI=1S/C16H20N2O3/c1-12(21-14-6-3-5-13(9-14)20-2)10-18-15(19)16(11-17)7-4-8-16/h3,5-6,9,12H,4,7-8,10H2,1-2H3,(H,18,19)/t12-/m1/s1. The number of carbonyl (C=O) groups excluding carboxylic acids is 1. The van der Waals surface area contributed by atoms with Gasteiger partial charge in [0.25, 0.3) is 0 Å². The Morgan fingerprint density at radius 2 is 2.19 bits per heavy atom. The summed E-state index contributed by atoms with van der Waals surface area (Å²) in [5.41, 5.74) is -0.810. The molecule has 21 heavy (non-hydrogen) atoms. The fourth-order valence-electron chi connectivity index (χ4n) is 2.27. The van der Waals surface area contributed by atoms with Crippen LogP contribution < -0.4 is 14.8 Å². The van der Waals surface area contributed by atoms with Gasteiger partial charge in [0.1, 0.15) is 23.0 Å². The van der Waals surface area contributed by atoms with E-state index in [1.165, 1.54) is 0 Å². The summed E-state index contributed by atoms with van der Waals surface area (Å²) in [4.78, 5) is 12.0. The van der Waals surface area contributed by atoms with Gasteiger partial charge in [-0.15, -0.1) is 0 Å². The first-order valence-corrected chi connectivity index (χ1v) is 7.10. The highest BCUT2D eigenvalue weighted by Gasteiger charge is 2.44. The number of methoxy groups -OCH3 is 1. The van der Waals surface area contributed by atoms with Gasteiger partial charge in [-0.1, -0.05) is 6.07 Å². The molecule has 0 saturated heterocycles. The maximum atomic E-state index is 12.0. The van der Waals surface area contributed by atoms with E-state index in [9.17, 15) is 4.79 Å². The van der Waals surface area contributed by atoms with Gasteiger partial charge in [0.2, 0.25) is 5.91 Å². The molecule has 1 aromatic rings. The van der Waals surface area contributed by atoms with E-state index >= 15 is 0 Å². The van der Waals surface area contributed by atoms with Crippen LogP contribution in [-0.2, 0) is 4.79 Å². The number of hydrogen-bond donors (Lipinski definition) is 1. The minimum Gasteiger partial charge on any atom is -0.497 e. The van der Waals surface area contributed by atoms with Crippen LogP contribution in [0.15, 0.2) is 24.3 Å². The lowest BCUT2D eigenvalue weighted by Crippen LogP contribution is -2.47. The van der Waals surface area contributed by atoms with Crippen molar-refractivity contribution in [2.75, 3.05) is 13.7 Å². The zero-order chi connectivity index (χ0) is 15.3. The van der Waals surface area contributed by atoms with Crippen molar-refractivity contribution in [1.29, 1.82) is 5.26 Å². The zero-order valence-corrected chi connectivity index (χ0v) is 12.4. The van der Waals surface area contributed by atoms with Gasteiger partial charge in [0, 0.05) is 6.07 Å². The third-order valence-corrected chi connectivity index (χ3v) is 3.78. The monoisotopic (exact) mass is 288 g/mol. The number of amides is 1. The SMILES string of the molecule is COc1cccc(O[C@H](C)CNC(=O)C2(C#N)CCC2)c1. The van der Waals surface area contributed by atoms with Crippen molar-refractivity contribution >= 4 is 5.91 Å². The summed E-state index contributed by atoms with van der Waals surface area (Å²) in [6.07, 6.45) is 2.06. The highest BCUT2D eigenvalue weighted by molar-refractivity contribution is 5.86. The van der Waals surface area contributed by atoms with Crippen LogP contribution in [0.4, 0.5) is 0 Å². The van der Waals surface area contributed by atoms with Crippen LogP contribution in [0.3, 0.4) is 0 Å². The summed E-state index contributed by atoms with van der Waals surface area (Å²) in [6, 6.07) is 9.45. The Hall–Kier alpha value is -2.22. The van der Waals surface area contributed by atoms with E-state index in [-0.39, 0.29) is 12.0 Å². The molecule has 1 amide bonds. The van der Waals surface area contributed by atoms with Crippen LogP contribution >= 0.6 is 0 Å². The summed E-state index contributed by atoms with van der Waals surface area (Å²) in [5, 5.41) is 11.9. The summed E-state index contributed by atoms with van der Waals surface area (Å²) in [6.45, 7) is 2.25. The molecular formula is C16H20N2O3. The summed E-state index contributed by atoms with van der Waals surface area (Å²) < 4.78 is 10.9. The topological polar surface area (TPSA) is 71.3 Å². The minimum atomic E-state index is -0.810. The second-order valence-electron chi connectivity index (χ2n) is 5.36. The lowest BCUT2D eigenvalue weighted by Gasteiger charge is -2.33. The minimum absolute atomic E-state index is 0.183. The number of nitrogens with one attached hydrogen (secondary N) is 1. The van der Waals surface area contributed by atoms with E-state index in [4.69, 9.17) is 14.7 Å². The first kappa shape index (κ1) is 15.2. The van der Waals surface area contributed by atoms with Crippen molar-refractivity contribution in [2.24, 2.45) is 5.41 Å². The van der Waals surface area contributed by atoms with Crippen molar-refractivity contribution in [3.63, 3.8) is 0 Å². The zero-order valence-electron chi connectivity index (χ0n) is 12.4. The summed E-state index contributed by atoms with van der Waals surface area (Å²) >= 11 is 0. The lowest BCUT2D eigenvalue weighted by molar-refractivity contribution is -0.132. The number of nitrogens with zero attached hydrogens (tertiary/aromatic N) is 1. The summed E-state index contributed by atoms with van der Waals surface area (Å²) in [7, 11) is 1.60. The Balaban J connectivity index is 1.83. The largest absolute Gasteiger partial charge is 0.497 e. The summed E-state index contributed by atoms with van der Waals surface area (Å²) in [5.74, 6) is 1.23. The molecule has 5 heteroatoms. The van der Waals surface area contributed by atoms with E-state index in [2.05, 4.69) is 11.4 Å². The molecule has 1 saturated carbocycles. The fourth-order valence-corrected chi connectivity index (χ4v) is 2.27. The number of ether oxygens (including phenoxy) is 2. The molecule has 1 aliphatic rings. The highest BCUT2D eigenvalue weighted by atomic mass is 16.5. The Bertz CT molecular complexity index is 547. The van der Waals surface area contributed by atoms with Gasteiger partial charge in [0.15, 0.2) is 0 Å². The van der Waals surface area contributed by atoms with Crippen LogP contribution in [0.1, 0.15) is 26.2 Å². The van der Waals surface area contributed by atoms with Crippen LogP contribution in [0.2, 0.25) is 0 Å². The molecule has 0 bridgehead atoms. The van der Waals surface area contributed by atoms with Gasteiger partial charge < -0.3 is 14.8 Å². The first-order chi connectivity index (χ1) is 10.1. The van der Waals surface area contributed by atoms with Gasteiger partial charge in [-0.05, 0) is 38.3 Å². The number of rotatable bonds is 6. The lowest BCUT2D eigenvalue weighted by atomic mass is 9.69. The van der Waals surface area contributed by atoms with Crippen LogP contribution in [0, 0.1) is 16.7 Å². The van der Waals surface area contributed by atoms with E-state index in [1.807, 2.05) is 25.1 Å². The number of hydrogen-bond acceptors (Lipinski definition) is 4. The second kappa shape index (κ2) is 6.49. The highest BCUT2D eigenvalue weighted by Crippen LogP contribution is 2.40. The average Bonchev–Trinajstić information content (AvgIpc) is 2.45. The van der Waals surface area contributed by atoms with Crippen molar-refractivity contribution in [1.82, 2.24) is 5.32 Å². The number of benzene rings is 1. The molecule has 5 nitrogen and oxygen atoms in total. The molecule has 1 aliphatic carbocycles. The van der Waals surface area contributed by atoms with Crippen molar-refractivity contribution in [3.05, 3.63) is 24.3 Å². The normalized spacial score (nSPS) is 17.0. The van der Waals surface area contributed by atoms with E-state index in [1.54, 1.807) is 13.2 Å². The Morgan fingerprint density at radius 3 is 2.76 bits per heavy atom. The third kappa shape index (κ3) is 3.46. The fraction of sp³-hybridized carbons (Fsp3) is 0.500. The van der Waals surface area contributed by atoms with Crippen LogP contribution in [0.5, 0.6) is 11.5 Å². The molecule has 0 heterocycles. The molecule has 1 aromatic carbocycles. The van der Waals surface area contributed by atoms with Crippen molar-refractivity contribution in [2.45, 2.75) is 32.3 Å². The molecule has 0 unspecified atom stereocenters. The predicted molar refractivity (Wildman–Crippen MR) is 78.0 cm³/mol. The van der Waals surface area contributed by atoms with Gasteiger partial charge >= 0.3 is 0 Å². The predicted octanol–water partition coefficient (Wildman–Crippen LogP) is 2.27. The number of nitriles is 1. The molecule has 1 atom stereocenters. The molecule has 2 rings (SSSR count). The van der Waals surface area contributed by atoms with Crippen LogP contribution in [-0.4, -0.2) is 25.7 Å². The molecule has 0 radical (unpaired) electrons. The average molecular weight is 288 g/mol. The number of carbonyl (C=O) groups is 1. The maximum absolute atomic E-state index is 12.0. The van der Waals surface area contributed by atoms with E-state index in [0.717, 1.165) is 12.2 Å². The Kier molecular flexibility index (Phi) is 4.69. The smallest absolute Gasteiger partial charge is 0.240 e. The molecule has 0 aliphatic heterocycles. The first-order valence-electron chi connectivity index (χ1n) is 7.10. The Labute approximate surface area is 124 Å². The third-order valence-electron chi connectivity index (χ3n) is 3.78. The second-order valence-corrected chi connectivity index (χ2v) is 5.36. The van der Waals surface area contributed by atoms with Gasteiger partial charge in [0.05, 0.1) is 19.7 Å². The van der Waals surface area contributed by atoms with E-state index in [0.29, 0.717) is 25.1 Å². The van der Waals surface area contributed by atoms with Crippen LogP contribution in [0.25, 0.3) is 0 Å². The molecule has 112 valence electrons. The molecule has 0 aromatic heterocycles. The Morgan fingerprint density at radius 1 is 1.48 bits per heavy atom. The molecule has 1 N–H and O–H groups in total. The van der Waals surface area contributed by atoms with Gasteiger partial charge in [-0.25, -0.2) is 0 Å². The molecule has 1 fully saturated rings. The van der Waals surface area contributed by atoms with E-state index < -0.39 is 5.41 Å². The van der Waals surface area contributed by atoms with Crippen molar-refractivity contribution in [3.8, 4) is 17.6 Å². The quantitative estimate of drug-likeness (QED) is 0.871. The maximum Gasteiger partial charge on any atom is 0.240 e. The van der Waals surface area contributed by atoms with Crippen molar-refractivity contribution < 1.29 is 14.3 Å². The van der Waals surface area contributed by atoms with Gasteiger partial charge in [-0.3, -0.25) is 4.79 Å². The van der Waals surface area contributed by atoms with Gasteiger partial charge in [-0.2, -0.15) is 5.26 Å². The molecular weight excluding hydrogens is 268 g/mol.